The molecule has 106 valence electrons. The van der Waals surface area contributed by atoms with Gasteiger partial charge in [0.15, 0.2) is 9.84 Å². The van der Waals surface area contributed by atoms with Crippen molar-refractivity contribution in [2.45, 2.75) is 18.9 Å². The molecule has 0 aliphatic carbocycles. The van der Waals surface area contributed by atoms with Crippen LogP contribution in [0.3, 0.4) is 0 Å². The molecule has 0 bridgehead atoms. The van der Waals surface area contributed by atoms with E-state index in [1.807, 2.05) is 0 Å². The summed E-state index contributed by atoms with van der Waals surface area (Å²) in [4.78, 5) is 0. The SMILES string of the molecule is CNC(CC1CCS(=O)(=O)C1)c1cc(F)cc(F)c1. The second kappa shape index (κ2) is 5.54. The van der Waals surface area contributed by atoms with E-state index in [-0.39, 0.29) is 23.5 Å². The summed E-state index contributed by atoms with van der Waals surface area (Å²) in [7, 11) is -1.22. The largest absolute Gasteiger partial charge is 0.313 e. The third-order valence-electron chi connectivity index (χ3n) is 3.53. The average Bonchev–Trinajstić information content (AvgIpc) is 2.64. The van der Waals surface area contributed by atoms with Crippen molar-refractivity contribution in [1.82, 2.24) is 5.32 Å². The number of rotatable bonds is 4. The number of nitrogens with one attached hydrogen (secondary N) is 1. The third kappa shape index (κ3) is 3.73. The van der Waals surface area contributed by atoms with Gasteiger partial charge in [0, 0.05) is 12.1 Å². The molecule has 1 aromatic rings. The Bertz CT molecular complexity index is 540. The zero-order valence-electron chi connectivity index (χ0n) is 10.7. The molecule has 0 radical (unpaired) electrons. The Kier molecular flexibility index (Phi) is 4.20. The minimum absolute atomic E-state index is 0.0498. The Morgan fingerprint density at radius 2 is 1.95 bits per heavy atom. The van der Waals surface area contributed by atoms with Crippen molar-refractivity contribution < 1.29 is 17.2 Å². The number of benzene rings is 1. The van der Waals surface area contributed by atoms with Crippen LogP contribution in [0.4, 0.5) is 8.78 Å². The molecule has 1 N–H and O–H groups in total. The summed E-state index contributed by atoms with van der Waals surface area (Å²) in [5.41, 5.74) is 0.518. The predicted molar refractivity (Wildman–Crippen MR) is 69.5 cm³/mol. The fraction of sp³-hybridized carbons (Fsp3) is 0.538. The van der Waals surface area contributed by atoms with Crippen molar-refractivity contribution in [2.24, 2.45) is 5.92 Å². The van der Waals surface area contributed by atoms with Gasteiger partial charge >= 0.3 is 0 Å². The maximum atomic E-state index is 13.2. The molecule has 2 unspecified atom stereocenters. The van der Waals surface area contributed by atoms with Gasteiger partial charge in [0.05, 0.1) is 11.5 Å². The van der Waals surface area contributed by atoms with Gasteiger partial charge in [0.2, 0.25) is 0 Å². The lowest BCUT2D eigenvalue weighted by atomic mass is 9.94. The zero-order chi connectivity index (χ0) is 14.0. The molecule has 0 saturated carbocycles. The van der Waals surface area contributed by atoms with Crippen molar-refractivity contribution >= 4 is 9.84 Å². The summed E-state index contributed by atoms with van der Waals surface area (Å²) in [5, 5.41) is 3.00. The van der Waals surface area contributed by atoms with E-state index in [1.54, 1.807) is 7.05 Å². The van der Waals surface area contributed by atoms with Crippen LogP contribution in [-0.4, -0.2) is 27.0 Å². The van der Waals surface area contributed by atoms with Crippen LogP contribution in [-0.2, 0) is 9.84 Å². The van der Waals surface area contributed by atoms with Gasteiger partial charge in [-0.2, -0.15) is 0 Å². The van der Waals surface area contributed by atoms with Gasteiger partial charge in [-0.15, -0.1) is 0 Å². The lowest BCUT2D eigenvalue weighted by Gasteiger charge is -2.20. The van der Waals surface area contributed by atoms with Crippen LogP contribution in [0, 0.1) is 17.6 Å². The van der Waals surface area contributed by atoms with E-state index in [4.69, 9.17) is 0 Å². The molecule has 1 aromatic carbocycles. The maximum absolute atomic E-state index is 13.2. The van der Waals surface area contributed by atoms with Gasteiger partial charge < -0.3 is 5.32 Å². The van der Waals surface area contributed by atoms with Crippen LogP contribution in [0.5, 0.6) is 0 Å². The standard InChI is InChI=1S/C13H17F2NO2S/c1-16-13(4-9-2-3-19(17,18)8-9)10-5-11(14)7-12(15)6-10/h5-7,9,13,16H,2-4,8H2,1H3. The first-order valence-electron chi connectivity index (χ1n) is 6.23. The van der Waals surface area contributed by atoms with Crippen LogP contribution >= 0.6 is 0 Å². The van der Waals surface area contributed by atoms with Crippen LogP contribution in [0.2, 0.25) is 0 Å². The van der Waals surface area contributed by atoms with Gasteiger partial charge in [-0.05, 0) is 43.5 Å². The van der Waals surface area contributed by atoms with E-state index in [9.17, 15) is 17.2 Å². The molecule has 0 amide bonds. The number of sulfone groups is 1. The Labute approximate surface area is 111 Å². The summed E-state index contributed by atoms with van der Waals surface area (Å²) in [6, 6.07) is 3.17. The summed E-state index contributed by atoms with van der Waals surface area (Å²) in [6.45, 7) is 0. The Balaban J connectivity index is 2.12. The van der Waals surface area contributed by atoms with E-state index < -0.39 is 21.5 Å². The Morgan fingerprint density at radius 3 is 2.42 bits per heavy atom. The first kappa shape index (κ1) is 14.4. The van der Waals surface area contributed by atoms with Crippen molar-refractivity contribution in [3.63, 3.8) is 0 Å². The first-order chi connectivity index (χ1) is 8.89. The van der Waals surface area contributed by atoms with E-state index >= 15 is 0 Å². The minimum Gasteiger partial charge on any atom is -0.313 e. The first-order valence-corrected chi connectivity index (χ1v) is 8.05. The van der Waals surface area contributed by atoms with Crippen LogP contribution < -0.4 is 5.32 Å². The lowest BCUT2D eigenvalue weighted by Crippen LogP contribution is -2.21. The third-order valence-corrected chi connectivity index (χ3v) is 5.37. The Hall–Kier alpha value is -1.01. The molecule has 3 nitrogen and oxygen atoms in total. The van der Waals surface area contributed by atoms with Gasteiger partial charge in [-0.25, -0.2) is 17.2 Å². The summed E-state index contributed by atoms with van der Waals surface area (Å²) < 4.78 is 49.2. The highest BCUT2D eigenvalue weighted by Gasteiger charge is 2.30. The second-order valence-corrected chi connectivity index (χ2v) is 7.28. The summed E-state index contributed by atoms with van der Waals surface area (Å²) in [5.74, 6) is -0.799. The van der Waals surface area contributed by atoms with Crippen LogP contribution in [0.15, 0.2) is 18.2 Å². The fourth-order valence-electron chi connectivity index (χ4n) is 2.59. The normalized spacial score (nSPS) is 23.4. The molecule has 1 aliphatic rings. The van der Waals surface area contributed by atoms with Crippen molar-refractivity contribution in [2.75, 3.05) is 18.6 Å². The number of halogens is 2. The van der Waals surface area contributed by atoms with Gasteiger partial charge in [0.25, 0.3) is 0 Å². The van der Waals surface area contributed by atoms with Gasteiger partial charge in [0.1, 0.15) is 11.6 Å². The molecule has 0 spiro atoms. The molecule has 2 atom stereocenters. The highest BCUT2D eigenvalue weighted by atomic mass is 32.2. The number of hydrogen-bond acceptors (Lipinski definition) is 3. The van der Waals surface area contributed by atoms with Crippen molar-refractivity contribution in [1.29, 1.82) is 0 Å². The monoisotopic (exact) mass is 289 g/mol. The zero-order valence-corrected chi connectivity index (χ0v) is 11.5. The molecule has 6 heteroatoms. The second-order valence-electron chi connectivity index (χ2n) is 5.05. The lowest BCUT2D eigenvalue weighted by molar-refractivity contribution is 0.433. The summed E-state index contributed by atoms with van der Waals surface area (Å²) in [6.07, 6.45) is 1.19. The molecule has 19 heavy (non-hydrogen) atoms. The molecule has 1 saturated heterocycles. The molecule has 1 aliphatic heterocycles. The van der Waals surface area contributed by atoms with Gasteiger partial charge in [-0.3, -0.25) is 0 Å². The Morgan fingerprint density at radius 1 is 1.32 bits per heavy atom. The molecule has 1 heterocycles. The summed E-state index contributed by atoms with van der Waals surface area (Å²) >= 11 is 0. The highest BCUT2D eigenvalue weighted by Crippen LogP contribution is 2.29. The number of hydrogen-bond donors (Lipinski definition) is 1. The predicted octanol–water partition coefficient (Wildman–Crippen LogP) is 2.05. The van der Waals surface area contributed by atoms with Crippen molar-refractivity contribution in [3.8, 4) is 0 Å². The van der Waals surface area contributed by atoms with E-state index in [0.29, 0.717) is 18.4 Å². The molecule has 0 aromatic heterocycles. The van der Waals surface area contributed by atoms with Crippen LogP contribution in [0.1, 0.15) is 24.4 Å². The minimum atomic E-state index is -2.92. The quantitative estimate of drug-likeness (QED) is 0.923. The van der Waals surface area contributed by atoms with Crippen LogP contribution in [0.25, 0.3) is 0 Å². The molecule has 1 fully saturated rings. The van der Waals surface area contributed by atoms with Gasteiger partial charge in [-0.1, -0.05) is 0 Å². The smallest absolute Gasteiger partial charge is 0.150 e. The van der Waals surface area contributed by atoms with E-state index in [0.717, 1.165) is 6.07 Å². The van der Waals surface area contributed by atoms with E-state index in [1.165, 1.54) is 12.1 Å². The van der Waals surface area contributed by atoms with Crippen molar-refractivity contribution in [3.05, 3.63) is 35.4 Å². The maximum Gasteiger partial charge on any atom is 0.150 e. The topological polar surface area (TPSA) is 46.2 Å². The highest BCUT2D eigenvalue weighted by molar-refractivity contribution is 7.91. The molecular weight excluding hydrogens is 272 g/mol. The van der Waals surface area contributed by atoms with E-state index in [2.05, 4.69) is 5.32 Å². The molecule has 2 rings (SSSR count). The fourth-order valence-corrected chi connectivity index (χ4v) is 4.47. The molecular formula is C13H17F2NO2S. The average molecular weight is 289 g/mol.